The van der Waals surface area contributed by atoms with Crippen molar-refractivity contribution in [1.29, 1.82) is 0 Å². The summed E-state index contributed by atoms with van der Waals surface area (Å²) < 4.78 is 28.0. The number of amides is 1. The van der Waals surface area contributed by atoms with Crippen LogP contribution in [0, 0.1) is 5.92 Å². The zero-order valence-corrected chi connectivity index (χ0v) is 17.8. The first kappa shape index (κ1) is 20.7. The van der Waals surface area contributed by atoms with Gasteiger partial charge in [0.05, 0.1) is 16.9 Å². The molecular formula is C20H22N4O4S2. The number of anilines is 1. The van der Waals surface area contributed by atoms with Crippen LogP contribution >= 0.6 is 11.3 Å². The van der Waals surface area contributed by atoms with E-state index in [1.807, 2.05) is 17.5 Å². The van der Waals surface area contributed by atoms with Crippen LogP contribution in [0.4, 0.5) is 5.69 Å². The molecule has 0 radical (unpaired) electrons. The van der Waals surface area contributed by atoms with E-state index in [0.29, 0.717) is 5.69 Å². The van der Waals surface area contributed by atoms with E-state index in [1.54, 1.807) is 29.7 Å². The number of piperidine rings is 1. The molecule has 0 spiro atoms. The SMILES string of the molecule is NS(=O)(=O)c1ccc(NC(=O)C2CCN(Cc3csc(-c4ccco4)n3)CC2)cc1. The molecule has 0 atom stereocenters. The Bertz CT molecular complexity index is 1100. The average molecular weight is 447 g/mol. The summed E-state index contributed by atoms with van der Waals surface area (Å²) in [4.78, 5) is 19.5. The van der Waals surface area contributed by atoms with Crippen molar-refractivity contribution >= 4 is 33.0 Å². The van der Waals surface area contributed by atoms with Crippen LogP contribution in [0.2, 0.25) is 0 Å². The number of nitrogens with one attached hydrogen (secondary N) is 1. The number of hydrogen-bond acceptors (Lipinski definition) is 7. The van der Waals surface area contributed by atoms with Gasteiger partial charge in [0.2, 0.25) is 15.9 Å². The van der Waals surface area contributed by atoms with Crippen LogP contribution in [0.5, 0.6) is 0 Å². The number of nitrogens with zero attached hydrogens (tertiary/aromatic N) is 2. The first-order valence-electron chi connectivity index (χ1n) is 9.53. The number of furan rings is 1. The lowest BCUT2D eigenvalue weighted by Crippen LogP contribution is -2.37. The molecule has 0 aliphatic carbocycles. The number of primary sulfonamides is 1. The van der Waals surface area contributed by atoms with Gasteiger partial charge in [-0.1, -0.05) is 0 Å². The molecule has 1 saturated heterocycles. The number of benzene rings is 1. The van der Waals surface area contributed by atoms with Gasteiger partial charge in [-0.25, -0.2) is 18.5 Å². The second kappa shape index (κ2) is 8.68. The maximum Gasteiger partial charge on any atom is 0.238 e. The Hall–Kier alpha value is -2.53. The van der Waals surface area contributed by atoms with Crippen LogP contribution in [-0.4, -0.2) is 37.3 Å². The van der Waals surface area contributed by atoms with Gasteiger partial charge < -0.3 is 9.73 Å². The minimum atomic E-state index is -3.74. The highest BCUT2D eigenvalue weighted by atomic mass is 32.2. The van der Waals surface area contributed by atoms with Gasteiger partial charge in [-0.15, -0.1) is 11.3 Å². The highest BCUT2D eigenvalue weighted by molar-refractivity contribution is 7.89. The van der Waals surface area contributed by atoms with Crippen LogP contribution < -0.4 is 10.5 Å². The highest BCUT2D eigenvalue weighted by Crippen LogP contribution is 2.26. The minimum Gasteiger partial charge on any atom is -0.462 e. The normalized spacial score (nSPS) is 15.9. The summed E-state index contributed by atoms with van der Waals surface area (Å²) >= 11 is 1.56. The molecule has 1 aliphatic heterocycles. The van der Waals surface area contributed by atoms with Gasteiger partial charge in [0.25, 0.3) is 0 Å². The quantitative estimate of drug-likeness (QED) is 0.601. The molecule has 4 rings (SSSR count). The predicted octanol–water partition coefficient (Wildman–Crippen LogP) is 2.90. The number of thiazole rings is 1. The topological polar surface area (TPSA) is 119 Å². The number of hydrogen-bond donors (Lipinski definition) is 2. The van der Waals surface area contributed by atoms with Crippen molar-refractivity contribution in [2.45, 2.75) is 24.3 Å². The summed E-state index contributed by atoms with van der Waals surface area (Å²) in [5.41, 5.74) is 1.56. The smallest absolute Gasteiger partial charge is 0.238 e. The van der Waals surface area contributed by atoms with Crippen LogP contribution in [0.1, 0.15) is 18.5 Å². The molecule has 0 unspecified atom stereocenters. The molecular weight excluding hydrogens is 424 g/mol. The van der Waals surface area contributed by atoms with Crippen LogP contribution in [0.25, 0.3) is 10.8 Å². The number of sulfonamides is 1. The lowest BCUT2D eigenvalue weighted by Gasteiger charge is -2.30. The first-order chi connectivity index (χ1) is 14.4. The number of nitrogens with two attached hydrogens (primary N) is 1. The Morgan fingerprint density at radius 2 is 1.97 bits per heavy atom. The molecule has 158 valence electrons. The van der Waals surface area contributed by atoms with Gasteiger partial charge in [-0.2, -0.15) is 0 Å². The summed E-state index contributed by atoms with van der Waals surface area (Å²) in [7, 11) is -3.74. The molecule has 3 heterocycles. The van der Waals surface area contributed by atoms with Crippen LogP contribution in [-0.2, 0) is 21.4 Å². The van der Waals surface area contributed by atoms with Crippen molar-refractivity contribution in [1.82, 2.24) is 9.88 Å². The Labute approximate surface area is 178 Å². The number of carbonyl (C=O) groups excluding carboxylic acids is 1. The zero-order chi connectivity index (χ0) is 21.1. The molecule has 3 aromatic rings. The molecule has 1 amide bonds. The van der Waals surface area contributed by atoms with Gasteiger partial charge >= 0.3 is 0 Å². The van der Waals surface area contributed by atoms with E-state index >= 15 is 0 Å². The molecule has 30 heavy (non-hydrogen) atoms. The lowest BCUT2D eigenvalue weighted by molar-refractivity contribution is -0.121. The summed E-state index contributed by atoms with van der Waals surface area (Å²) in [5, 5.41) is 10.9. The van der Waals surface area contributed by atoms with Crippen LogP contribution in [0.15, 0.2) is 57.4 Å². The minimum absolute atomic E-state index is 0.0195. The molecule has 0 saturated carbocycles. The molecule has 1 aliphatic rings. The number of carbonyl (C=O) groups is 1. The second-order valence-corrected chi connectivity index (χ2v) is 9.65. The van der Waals surface area contributed by atoms with Crippen molar-refractivity contribution in [3.63, 3.8) is 0 Å². The van der Waals surface area contributed by atoms with E-state index in [-0.39, 0.29) is 16.7 Å². The molecule has 1 aromatic carbocycles. The van der Waals surface area contributed by atoms with Crippen molar-refractivity contribution in [3.8, 4) is 10.8 Å². The molecule has 1 fully saturated rings. The fourth-order valence-corrected chi connectivity index (χ4v) is 4.74. The molecule has 10 heteroatoms. The lowest BCUT2D eigenvalue weighted by atomic mass is 9.95. The monoisotopic (exact) mass is 446 g/mol. The molecule has 0 bridgehead atoms. The summed E-state index contributed by atoms with van der Waals surface area (Å²) in [6.45, 7) is 2.38. The summed E-state index contributed by atoms with van der Waals surface area (Å²) in [6.07, 6.45) is 3.16. The summed E-state index contributed by atoms with van der Waals surface area (Å²) in [5.74, 6) is 0.652. The fraction of sp³-hybridized carbons (Fsp3) is 0.300. The van der Waals surface area contributed by atoms with E-state index in [9.17, 15) is 13.2 Å². The summed E-state index contributed by atoms with van der Waals surface area (Å²) in [6, 6.07) is 9.62. The standard InChI is InChI=1S/C20H22N4O4S2/c21-30(26,27)17-5-3-15(4-6-17)22-19(25)14-7-9-24(10-8-14)12-16-13-29-20(23-16)18-2-1-11-28-18/h1-6,11,13-14H,7-10,12H2,(H,22,25)(H2,21,26,27). The van der Waals surface area contributed by atoms with Gasteiger partial charge in [0.1, 0.15) is 0 Å². The van der Waals surface area contributed by atoms with Gasteiger partial charge in [0, 0.05) is 23.5 Å². The largest absolute Gasteiger partial charge is 0.462 e. The Balaban J connectivity index is 1.27. The van der Waals surface area contributed by atoms with Crippen molar-refractivity contribution in [2.24, 2.45) is 11.1 Å². The van der Waals surface area contributed by atoms with E-state index in [4.69, 9.17) is 9.56 Å². The number of likely N-dealkylation sites (tertiary alicyclic amines) is 1. The van der Waals surface area contributed by atoms with Crippen molar-refractivity contribution in [3.05, 3.63) is 53.7 Å². The maximum absolute atomic E-state index is 12.6. The Morgan fingerprint density at radius 3 is 2.60 bits per heavy atom. The highest BCUT2D eigenvalue weighted by Gasteiger charge is 2.25. The van der Waals surface area contributed by atoms with Gasteiger partial charge in [-0.05, 0) is 62.3 Å². The second-order valence-electron chi connectivity index (χ2n) is 7.23. The first-order valence-corrected chi connectivity index (χ1v) is 12.0. The molecule has 8 nitrogen and oxygen atoms in total. The third kappa shape index (κ3) is 4.96. The number of aromatic nitrogens is 1. The average Bonchev–Trinajstić information content (AvgIpc) is 3.40. The van der Waals surface area contributed by atoms with E-state index < -0.39 is 10.0 Å². The Morgan fingerprint density at radius 1 is 1.23 bits per heavy atom. The van der Waals surface area contributed by atoms with Gasteiger partial charge in [-0.3, -0.25) is 9.69 Å². The van der Waals surface area contributed by atoms with Crippen molar-refractivity contribution in [2.75, 3.05) is 18.4 Å². The third-order valence-electron chi connectivity index (χ3n) is 5.08. The third-order valence-corrected chi connectivity index (χ3v) is 6.91. The van der Waals surface area contributed by atoms with Gasteiger partial charge in [0.15, 0.2) is 10.8 Å². The predicted molar refractivity (Wildman–Crippen MR) is 114 cm³/mol. The number of rotatable bonds is 6. The van der Waals surface area contributed by atoms with E-state index in [0.717, 1.165) is 48.9 Å². The maximum atomic E-state index is 12.6. The molecule has 3 N–H and O–H groups in total. The van der Waals surface area contributed by atoms with Crippen molar-refractivity contribution < 1.29 is 17.6 Å². The molecule has 2 aromatic heterocycles. The Kier molecular flexibility index (Phi) is 6.00. The zero-order valence-electron chi connectivity index (χ0n) is 16.2. The fourth-order valence-electron chi connectivity index (χ4n) is 3.45. The van der Waals surface area contributed by atoms with E-state index in [1.165, 1.54) is 12.1 Å². The van der Waals surface area contributed by atoms with E-state index in [2.05, 4.69) is 15.2 Å². The van der Waals surface area contributed by atoms with Crippen LogP contribution in [0.3, 0.4) is 0 Å².